The fraction of sp³-hybridized carbons (Fsp3) is 0.458. The molecule has 0 spiro atoms. The largest absolute Gasteiger partial charge is 0.487 e. The lowest BCUT2D eigenvalue weighted by Gasteiger charge is -2.16. The smallest absolute Gasteiger partial charge is 0.161 e. The Labute approximate surface area is 189 Å². The summed E-state index contributed by atoms with van der Waals surface area (Å²) in [6, 6.07) is 15.5. The van der Waals surface area contributed by atoms with E-state index in [0.717, 1.165) is 11.1 Å². The second kappa shape index (κ2) is 14.4. The van der Waals surface area contributed by atoms with E-state index in [0.29, 0.717) is 83.3 Å². The van der Waals surface area contributed by atoms with Crippen molar-refractivity contribution in [1.29, 1.82) is 0 Å². The molecule has 174 valence electrons. The van der Waals surface area contributed by atoms with Crippen molar-refractivity contribution >= 4 is 5.71 Å². The molecule has 1 aliphatic rings. The molecular formula is C24H31NO7. The van der Waals surface area contributed by atoms with Crippen molar-refractivity contribution in [3.63, 3.8) is 0 Å². The molecule has 3 rings (SSSR count). The summed E-state index contributed by atoms with van der Waals surface area (Å²) in [6.45, 7) is 4.75. The second-order valence-electron chi connectivity index (χ2n) is 6.80. The highest BCUT2D eigenvalue weighted by Gasteiger charge is 2.13. The predicted molar refractivity (Wildman–Crippen MR) is 120 cm³/mol. The number of benzene rings is 2. The highest BCUT2D eigenvalue weighted by Crippen LogP contribution is 2.30. The molecule has 1 heterocycles. The van der Waals surface area contributed by atoms with Gasteiger partial charge < -0.3 is 33.3 Å². The van der Waals surface area contributed by atoms with Crippen molar-refractivity contribution in [3.8, 4) is 11.5 Å². The SMILES string of the molecule is CON=C(c1ccccc1)c1ccc2c(c1)OCCOCCOCCOCCOCCO2. The molecule has 0 bridgehead atoms. The van der Waals surface area contributed by atoms with Crippen LogP contribution in [0.3, 0.4) is 0 Å². The van der Waals surface area contributed by atoms with E-state index in [1.54, 1.807) is 0 Å². The number of hydrogen-bond acceptors (Lipinski definition) is 8. The fourth-order valence-electron chi connectivity index (χ4n) is 3.03. The molecule has 1 aliphatic heterocycles. The molecule has 0 N–H and O–H groups in total. The topological polar surface area (TPSA) is 77.0 Å². The molecule has 8 heteroatoms. The van der Waals surface area contributed by atoms with Crippen molar-refractivity contribution in [3.05, 3.63) is 59.7 Å². The van der Waals surface area contributed by atoms with Gasteiger partial charge in [-0.25, -0.2) is 0 Å². The first kappa shape index (κ1) is 24.0. The van der Waals surface area contributed by atoms with Gasteiger partial charge in [0, 0.05) is 11.1 Å². The maximum Gasteiger partial charge on any atom is 0.161 e. The Bertz CT molecular complexity index is 813. The molecule has 0 atom stereocenters. The lowest BCUT2D eigenvalue weighted by Crippen LogP contribution is -2.16. The number of oxime groups is 1. The quantitative estimate of drug-likeness (QED) is 0.531. The highest BCUT2D eigenvalue weighted by atomic mass is 16.6. The Hall–Kier alpha value is -2.65. The van der Waals surface area contributed by atoms with Gasteiger partial charge in [-0.2, -0.15) is 0 Å². The summed E-state index contributed by atoms with van der Waals surface area (Å²) < 4.78 is 34.0. The summed E-state index contributed by atoms with van der Waals surface area (Å²) >= 11 is 0. The monoisotopic (exact) mass is 445 g/mol. The molecule has 0 aromatic heterocycles. The average Bonchev–Trinajstić information content (AvgIpc) is 2.83. The minimum absolute atomic E-state index is 0.377. The Morgan fingerprint density at radius 2 is 1.16 bits per heavy atom. The van der Waals surface area contributed by atoms with Crippen LogP contribution in [0.2, 0.25) is 0 Å². The van der Waals surface area contributed by atoms with Gasteiger partial charge in [0.2, 0.25) is 0 Å². The average molecular weight is 446 g/mol. The van der Waals surface area contributed by atoms with Crippen LogP contribution in [0.4, 0.5) is 0 Å². The van der Waals surface area contributed by atoms with E-state index in [1.807, 2.05) is 48.5 Å². The maximum atomic E-state index is 5.99. The molecule has 0 amide bonds. The number of fused-ring (bicyclic) bond motifs is 1. The molecule has 0 saturated carbocycles. The van der Waals surface area contributed by atoms with Crippen molar-refractivity contribution in [2.45, 2.75) is 0 Å². The molecule has 8 nitrogen and oxygen atoms in total. The van der Waals surface area contributed by atoms with Crippen LogP contribution < -0.4 is 9.47 Å². The molecule has 0 aliphatic carbocycles. The van der Waals surface area contributed by atoms with Gasteiger partial charge in [0.25, 0.3) is 0 Å². The lowest BCUT2D eigenvalue weighted by molar-refractivity contribution is -0.00841. The van der Waals surface area contributed by atoms with Gasteiger partial charge in [-0.05, 0) is 18.2 Å². The van der Waals surface area contributed by atoms with Gasteiger partial charge in [0.15, 0.2) is 11.5 Å². The van der Waals surface area contributed by atoms with E-state index in [9.17, 15) is 0 Å². The van der Waals surface area contributed by atoms with Gasteiger partial charge >= 0.3 is 0 Å². The third kappa shape index (κ3) is 8.12. The molecule has 2 aromatic carbocycles. The van der Waals surface area contributed by atoms with E-state index in [1.165, 1.54) is 7.11 Å². The van der Waals surface area contributed by atoms with Gasteiger partial charge in [0.1, 0.15) is 26.0 Å². The summed E-state index contributed by atoms with van der Waals surface area (Å²) in [5, 5.41) is 4.22. The lowest BCUT2D eigenvalue weighted by atomic mass is 10.0. The Morgan fingerprint density at radius 3 is 1.72 bits per heavy atom. The first-order chi connectivity index (χ1) is 15.9. The summed E-state index contributed by atoms with van der Waals surface area (Å²) in [7, 11) is 1.53. The highest BCUT2D eigenvalue weighted by molar-refractivity contribution is 6.12. The van der Waals surface area contributed by atoms with Crippen molar-refractivity contribution in [1.82, 2.24) is 0 Å². The van der Waals surface area contributed by atoms with Gasteiger partial charge in [-0.1, -0.05) is 35.5 Å². The van der Waals surface area contributed by atoms with E-state index in [2.05, 4.69) is 5.16 Å². The van der Waals surface area contributed by atoms with E-state index in [4.69, 9.17) is 33.3 Å². The Kier molecular flexibility index (Phi) is 10.8. The molecule has 0 radical (unpaired) electrons. The standard InChI is InChI=1S/C24H31NO7/c1-26-25-24(20-5-3-2-4-6-20)21-7-8-22-23(19-21)32-18-16-30-14-12-28-10-9-27-11-13-29-15-17-31-22/h2-8,19H,9-18H2,1H3. The fourth-order valence-corrected chi connectivity index (χ4v) is 3.03. The van der Waals surface area contributed by atoms with Gasteiger partial charge in [-0.15, -0.1) is 0 Å². The van der Waals surface area contributed by atoms with Gasteiger partial charge in [-0.3, -0.25) is 0 Å². The van der Waals surface area contributed by atoms with Crippen LogP contribution in [0.1, 0.15) is 11.1 Å². The minimum atomic E-state index is 0.377. The zero-order valence-corrected chi connectivity index (χ0v) is 18.5. The number of ether oxygens (including phenoxy) is 6. The van der Waals surface area contributed by atoms with Crippen molar-refractivity contribution in [2.24, 2.45) is 5.16 Å². The summed E-state index contributed by atoms with van der Waals surface area (Å²) in [5.41, 5.74) is 2.50. The summed E-state index contributed by atoms with van der Waals surface area (Å²) in [4.78, 5) is 5.09. The molecule has 0 fully saturated rings. The van der Waals surface area contributed by atoms with Crippen LogP contribution in [0.5, 0.6) is 11.5 Å². The van der Waals surface area contributed by atoms with Crippen molar-refractivity contribution in [2.75, 3.05) is 73.2 Å². The van der Waals surface area contributed by atoms with E-state index in [-0.39, 0.29) is 0 Å². The number of rotatable bonds is 3. The number of hydrogen-bond donors (Lipinski definition) is 0. The number of nitrogens with zero attached hydrogens (tertiary/aromatic N) is 1. The second-order valence-corrected chi connectivity index (χ2v) is 6.80. The van der Waals surface area contributed by atoms with Crippen LogP contribution >= 0.6 is 0 Å². The molecule has 32 heavy (non-hydrogen) atoms. The minimum Gasteiger partial charge on any atom is -0.487 e. The molecule has 0 saturated heterocycles. The first-order valence-corrected chi connectivity index (χ1v) is 10.8. The van der Waals surface area contributed by atoms with Crippen LogP contribution in [-0.4, -0.2) is 78.9 Å². The predicted octanol–water partition coefficient (Wildman–Crippen LogP) is 2.92. The molecule has 2 aromatic rings. The van der Waals surface area contributed by atoms with Crippen LogP contribution in [0, 0.1) is 0 Å². The van der Waals surface area contributed by atoms with E-state index < -0.39 is 0 Å². The van der Waals surface area contributed by atoms with Crippen molar-refractivity contribution < 1.29 is 33.3 Å². The summed E-state index contributed by atoms with van der Waals surface area (Å²) in [6.07, 6.45) is 0. The van der Waals surface area contributed by atoms with Crippen LogP contribution in [0.15, 0.2) is 53.7 Å². The van der Waals surface area contributed by atoms with E-state index >= 15 is 0 Å². The van der Waals surface area contributed by atoms with Crippen LogP contribution in [-0.2, 0) is 23.8 Å². The third-order valence-corrected chi connectivity index (χ3v) is 4.53. The normalized spacial score (nSPS) is 17.7. The van der Waals surface area contributed by atoms with Crippen LogP contribution in [0.25, 0.3) is 0 Å². The van der Waals surface area contributed by atoms with Gasteiger partial charge in [0.05, 0.1) is 52.9 Å². The maximum absolute atomic E-state index is 5.99. The first-order valence-electron chi connectivity index (χ1n) is 10.8. The third-order valence-electron chi connectivity index (χ3n) is 4.53. The zero-order valence-electron chi connectivity index (χ0n) is 18.5. The Balaban J connectivity index is 1.73. The Morgan fingerprint density at radius 1 is 0.625 bits per heavy atom. The molecule has 0 unspecified atom stereocenters. The zero-order chi connectivity index (χ0) is 22.3. The molecular weight excluding hydrogens is 414 g/mol. The summed E-state index contributed by atoms with van der Waals surface area (Å²) in [5.74, 6) is 1.23.